The van der Waals surface area contributed by atoms with Gasteiger partial charge in [-0.2, -0.15) is 0 Å². The molecule has 1 atom stereocenters. The molecule has 0 bridgehead atoms. The van der Waals surface area contributed by atoms with Crippen LogP contribution in [0, 0.1) is 0 Å². The lowest BCUT2D eigenvalue weighted by Crippen LogP contribution is -2.43. The molecule has 0 radical (unpaired) electrons. The zero-order valence-corrected chi connectivity index (χ0v) is 14.2. The highest BCUT2D eigenvalue weighted by Gasteiger charge is 2.09. The molecule has 0 heterocycles. The molecule has 0 saturated heterocycles. The van der Waals surface area contributed by atoms with Crippen molar-refractivity contribution >= 4 is 21.7 Å². The average Bonchev–Trinajstić information content (AvgIpc) is 2.39. The van der Waals surface area contributed by atoms with Crippen LogP contribution in [-0.2, 0) is 14.6 Å². The van der Waals surface area contributed by atoms with Crippen LogP contribution in [0.5, 0.6) is 0 Å². The quantitative estimate of drug-likeness (QED) is 0.407. The minimum absolute atomic E-state index is 0.0452. The second-order valence-corrected chi connectivity index (χ2v) is 7.27. The second-order valence-electron chi connectivity index (χ2n) is 5.01. The third-order valence-corrected chi connectivity index (χ3v) is 3.58. The van der Waals surface area contributed by atoms with Gasteiger partial charge < -0.3 is 16.0 Å². The Kier molecular flexibility index (Phi) is 9.77. The summed E-state index contributed by atoms with van der Waals surface area (Å²) in [5.74, 6) is 0.514. The lowest BCUT2D eigenvalue weighted by atomic mass is 10.3. The minimum atomic E-state index is -2.97. The first-order valence-electron chi connectivity index (χ1n) is 7.27. The number of guanidine groups is 1. The minimum Gasteiger partial charge on any atom is -0.357 e. The Balaban J connectivity index is 4.36. The first-order chi connectivity index (χ1) is 9.78. The van der Waals surface area contributed by atoms with Crippen LogP contribution < -0.4 is 16.0 Å². The Morgan fingerprint density at radius 1 is 1.24 bits per heavy atom. The fourth-order valence-electron chi connectivity index (χ4n) is 1.49. The Morgan fingerprint density at radius 3 is 2.43 bits per heavy atom. The van der Waals surface area contributed by atoms with E-state index in [9.17, 15) is 13.2 Å². The Bertz CT molecular complexity index is 435. The van der Waals surface area contributed by atoms with Crippen LogP contribution in [0.15, 0.2) is 4.99 Å². The molecule has 1 amide bonds. The lowest BCUT2D eigenvalue weighted by Gasteiger charge is -2.17. The average molecular weight is 320 g/mol. The number of aliphatic imine (C=N–C) groups is 1. The number of sulfone groups is 1. The van der Waals surface area contributed by atoms with E-state index in [1.165, 1.54) is 6.26 Å². The highest BCUT2D eigenvalue weighted by Crippen LogP contribution is 1.95. The van der Waals surface area contributed by atoms with E-state index in [1.54, 1.807) is 0 Å². The molecule has 0 saturated carbocycles. The maximum atomic E-state index is 11.5. The van der Waals surface area contributed by atoms with Crippen LogP contribution in [0.25, 0.3) is 0 Å². The number of carbonyl (C=O) groups excluding carboxylic acids is 1. The molecule has 0 aromatic heterocycles. The van der Waals surface area contributed by atoms with Gasteiger partial charge in [-0.1, -0.05) is 6.92 Å². The van der Waals surface area contributed by atoms with E-state index in [1.807, 2.05) is 20.8 Å². The molecule has 124 valence electrons. The molecule has 1 unspecified atom stereocenters. The molecule has 0 aliphatic rings. The molecule has 0 aliphatic carbocycles. The summed E-state index contributed by atoms with van der Waals surface area (Å²) in [6, 6.07) is -0.0452. The number of hydrogen-bond acceptors (Lipinski definition) is 4. The standard InChI is InChI=1S/C13H28N4O3S/c1-5-8-15-12(18)10-16-13(14-6-2)17-11(3)7-9-21(4,19)20/h11H,5-10H2,1-4H3,(H,15,18)(H2,14,16,17). The van der Waals surface area contributed by atoms with Crippen molar-refractivity contribution in [1.29, 1.82) is 0 Å². The molecule has 3 N–H and O–H groups in total. The fourth-order valence-corrected chi connectivity index (χ4v) is 2.27. The van der Waals surface area contributed by atoms with Gasteiger partial charge in [0.05, 0.1) is 5.75 Å². The van der Waals surface area contributed by atoms with E-state index in [-0.39, 0.29) is 24.2 Å². The summed E-state index contributed by atoms with van der Waals surface area (Å²) in [5.41, 5.74) is 0. The lowest BCUT2D eigenvalue weighted by molar-refractivity contribution is -0.119. The predicted octanol–water partition coefficient (Wildman–Crippen LogP) is -0.109. The van der Waals surface area contributed by atoms with Gasteiger partial charge in [-0.3, -0.25) is 4.79 Å². The predicted molar refractivity (Wildman–Crippen MR) is 86.2 cm³/mol. The first-order valence-corrected chi connectivity index (χ1v) is 9.33. The number of nitrogens with one attached hydrogen (secondary N) is 3. The molecule has 8 heteroatoms. The van der Waals surface area contributed by atoms with Gasteiger partial charge in [0.15, 0.2) is 5.96 Å². The fraction of sp³-hybridized carbons (Fsp3) is 0.846. The van der Waals surface area contributed by atoms with Crippen molar-refractivity contribution in [3.05, 3.63) is 0 Å². The highest BCUT2D eigenvalue weighted by atomic mass is 32.2. The number of amides is 1. The van der Waals surface area contributed by atoms with Crippen molar-refractivity contribution in [2.75, 3.05) is 31.6 Å². The van der Waals surface area contributed by atoms with E-state index in [2.05, 4.69) is 20.9 Å². The van der Waals surface area contributed by atoms with Crippen molar-refractivity contribution in [3.8, 4) is 0 Å². The topological polar surface area (TPSA) is 99.7 Å². The van der Waals surface area contributed by atoms with Crippen LogP contribution in [0.1, 0.15) is 33.6 Å². The normalized spacial score (nSPS) is 13.6. The first kappa shape index (κ1) is 19.7. The van der Waals surface area contributed by atoms with Crippen molar-refractivity contribution in [2.24, 2.45) is 4.99 Å². The van der Waals surface area contributed by atoms with Gasteiger partial charge in [0, 0.05) is 25.4 Å². The van der Waals surface area contributed by atoms with E-state index in [4.69, 9.17) is 0 Å². The van der Waals surface area contributed by atoms with Gasteiger partial charge in [0.2, 0.25) is 5.91 Å². The zero-order valence-electron chi connectivity index (χ0n) is 13.4. The summed E-state index contributed by atoms with van der Waals surface area (Å²) in [7, 11) is -2.97. The summed E-state index contributed by atoms with van der Waals surface area (Å²) in [5, 5.41) is 8.88. The van der Waals surface area contributed by atoms with E-state index >= 15 is 0 Å². The molecular formula is C13H28N4O3S. The van der Waals surface area contributed by atoms with E-state index < -0.39 is 9.84 Å². The molecule has 0 aromatic rings. The SMILES string of the molecule is CCCNC(=O)CN=C(NCC)NC(C)CCS(C)(=O)=O. The monoisotopic (exact) mass is 320 g/mol. The van der Waals surface area contributed by atoms with E-state index in [0.29, 0.717) is 25.5 Å². The number of hydrogen-bond donors (Lipinski definition) is 3. The third kappa shape index (κ3) is 12.2. The van der Waals surface area contributed by atoms with Crippen molar-refractivity contribution < 1.29 is 13.2 Å². The molecular weight excluding hydrogens is 292 g/mol. The molecule has 0 aromatic carbocycles. The van der Waals surface area contributed by atoms with Crippen LogP contribution in [0.4, 0.5) is 0 Å². The number of carbonyl (C=O) groups is 1. The maximum absolute atomic E-state index is 11.5. The van der Waals surface area contributed by atoms with Gasteiger partial charge in [-0.25, -0.2) is 13.4 Å². The largest absolute Gasteiger partial charge is 0.357 e. The summed E-state index contributed by atoms with van der Waals surface area (Å²) in [6.07, 6.45) is 2.60. The third-order valence-electron chi connectivity index (χ3n) is 2.60. The van der Waals surface area contributed by atoms with Gasteiger partial charge in [0.25, 0.3) is 0 Å². The van der Waals surface area contributed by atoms with Gasteiger partial charge in [0.1, 0.15) is 16.4 Å². The Morgan fingerprint density at radius 2 is 1.90 bits per heavy atom. The van der Waals surface area contributed by atoms with Crippen LogP contribution in [0.3, 0.4) is 0 Å². The van der Waals surface area contributed by atoms with Gasteiger partial charge in [-0.15, -0.1) is 0 Å². The molecule has 7 nitrogen and oxygen atoms in total. The van der Waals surface area contributed by atoms with E-state index in [0.717, 1.165) is 6.42 Å². The molecule has 21 heavy (non-hydrogen) atoms. The van der Waals surface area contributed by atoms with Crippen molar-refractivity contribution in [2.45, 2.75) is 39.7 Å². The molecule has 0 spiro atoms. The Hall–Kier alpha value is -1.31. The van der Waals surface area contributed by atoms with Crippen LogP contribution >= 0.6 is 0 Å². The number of nitrogens with zero attached hydrogens (tertiary/aromatic N) is 1. The van der Waals surface area contributed by atoms with Crippen molar-refractivity contribution in [3.63, 3.8) is 0 Å². The van der Waals surface area contributed by atoms with Gasteiger partial charge in [-0.05, 0) is 26.7 Å². The van der Waals surface area contributed by atoms with Gasteiger partial charge >= 0.3 is 0 Å². The highest BCUT2D eigenvalue weighted by molar-refractivity contribution is 7.90. The molecule has 0 fully saturated rings. The van der Waals surface area contributed by atoms with Crippen LogP contribution in [-0.4, -0.2) is 58.0 Å². The second kappa shape index (κ2) is 10.4. The molecule has 0 rings (SSSR count). The summed E-state index contributed by atoms with van der Waals surface area (Å²) in [6.45, 7) is 7.15. The number of rotatable bonds is 9. The maximum Gasteiger partial charge on any atom is 0.241 e. The van der Waals surface area contributed by atoms with Crippen LogP contribution in [0.2, 0.25) is 0 Å². The van der Waals surface area contributed by atoms with Crippen molar-refractivity contribution in [1.82, 2.24) is 16.0 Å². The Labute approximate surface area is 127 Å². The zero-order chi connectivity index (χ0) is 16.3. The summed E-state index contributed by atoms with van der Waals surface area (Å²) < 4.78 is 22.3. The summed E-state index contributed by atoms with van der Waals surface area (Å²) >= 11 is 0. The smallest absolute Gasteiger partial charge is 0.241 e. The molecule has 0 aliphatic heterocycles. The summed E-state index contributed by atoms with van der Waals surface area (Å²) in [4.78, 5) is 15.7.